The summed E-state index contributed by atoms with van der Waals surface area (Å²) < 4.78 is 0. The van der Waals surface area contributed by atoms with Crippen molar-refractivity contribution in [2.24, 2.45) is 5.92 Å². The third-order valence-corrected chi connectivity index (χ3v) is 4.50. The van der Waals surface area contributed by atoms with E-state index in [0.29, 0.717) is 18.5 Å². The Labute approximate surface area is 122 Å². The summed E-state index contributed by atoms with van der Waals surface area (Å²) in [5, 5.41) is 2.75. The van der Waals surface area contributed by atoms with E-state index in [1.807, 2.05) is 4.90 Å². The van der Waals surface area contributed by atoms with Crippen LogP contribution in [0.15, 0.2) is 0 Å². The number of hydrogen-bond donors (Lipinski definition) is 1. The van der Waals surface area contributed by atoms with Gasteiger partial charge in [0, 0.05) is 45.3 Å². The zero-order valence-electron chi connectivity index (χ0n) is 12.6. The van der Waals surface area contributed by atoms with E-state index in [4.69, 9.17) is 6.42 Å². The molecule has 5 heteroatoms. The molecule has 2 aliphatic heterocycles. The van der Waals surface area contributed by atoms with E-state index in [1.54, 1.807) is 0 Å². The summed E-state index contributed by atoms with van der Waals surface area (Å²) in [6.45, 7) is 8.81. The number of terminal acetylenes is 1. The number of urea groups is 1. The summed E-state index contributed by atoms with van der Waals surface area (Å²) in [6.07, 6.45) is 6.23. The minimum absolute atomic E-state index is 0.0216. The normalized spacial score (nSPS) is 28.9. The molecule has 0 aliphatic carbocycles. The minimum atomic E-state index is -0.0216. The lowest BCUT2D eigenvalue weighted by Gasteiger charge is -2.45. The number of nitrogens with one attached hydrogen (secondary N) is 1. The Bertz CT molecular complexity index is 371. The lowest BCUT2D eigenvalue weighted by molar-refractivity contribution is 0.0443. The monoisotopic (exact) mass is 278 g/mol. The fourth-order valence-corrected chi connectivity index (χ4v) is 3.25. The fraction of sp³-hybridized carbons (Fsp3) is 0.800. The molecule has 2 atom stereocenters. The molecule has 2 fully saturated rings. The predicted octanol–water partition coefficient (Wildman–Crippen LogP) is 0.287. The molecule has 0 radical (unpaired) electrons. The maximum absolute atomic E-state index is 11.9. The van der Waals surface area contributed by atoms with Gasteiger partial charge in [0.15, 0.2) is 0 Å². The smallest absolute Gasteiger partial charge is 0.318 e. The van der Waals surface area contributed by atoms with Gasteiger partial charge in [-0.15, -0.1) is 6.42 Å². The van der Waals surface area contributed by atoms with Crippen molar-refractivity contribution >= 4 is 6.03 Å². The first-order chi connectivity index (χ1) is 9.61. The van der Waals surface area contributed by atoms with Gasteiger partial charge in [-0.05, 0) is 19.4 Å². The van der Waals surface area contributed by atoms with Gasteiger partial charge in [-0.2, -0.15) is 0 Å². The Morgan fingerprint density at radius 1 is 1.30 bits per heavy atom. The van der Waals surface area contributed by atoms with Crippen LogP contribution in [-0.2, 0) is 0 Å². The number of piperazine rings is 1. The Kier molecular flexibility index (Phi) is 5.27. The third-order valence-electron chi connectivity index (χ3n) is 4.50. The van der Waals surface area contributed by atoms with Gasteiger partial charge in [-0.25, -0.2) is 4.79 Å². The molecule has 0 spiro atoms. The number of rotatable bonds is 2. The standard InChI is InChI=1S/C15H26N4O/c1-4-6-16-15(20)19-7-5-14(13(2)12-19)18-10-8-17(3)9-11-18/h1,13-14H,5-12H2,2-3H3,(H,16,20)/t13-,14-/m0/s1. The molecule has 20 heavy (non-hydrogen) atoms. The lowest BCUT2D eigenvalue weighted by atomic mass is 9.92. The van der Waals surface area contributed by atoms with Crippen LogP contribution in [0.3, 0.4) is 0 Å². The number of carbonyl (C=O) groups excluding carboxylic acids is 1. The van der Waals surface area contributed by atoms with Crippen LogP contribution in [0.25, 0.3) is 0 Å². The van der Waals surface area contributed by atoms with Crippen molar-refractivity contribution in [3.05, 3.63) is 0 Å². The molecule has 5 nitrogen and oxygen atoms in total. The molecular weight excluding hydrogens is 252 g/mol. The largest absolute Gasteiger partial charge is 0.327 e. The summed E-state index contributed by atoms with van der Waals surface area (Å²) in [7, 11) is 2.18. The van der Waals surface area contributed by atoms with E-state index >= 15 is 0 Å². The molecule has 2 amide bonds. The van der Waals surface area contributed by atoms with Crippen molar-refractivity contribution in [3.63, 3.8) is 0 Å². The molecule has 2 saturated heterocycles. The van der Waals surface area contributed by atoms with E-state index < -0.39 is 0 Å². The van der Waals surface area contributed by atoms with Gasteiger partial charge in [-0.3, -0.25) is 4.90 Å². The highest BCUT2D eigenvalue weighted by atomic mass is 16.2. The first kappa shape index (κ1) is 15.1. The molecule has 1 N–H and O–H groups in total. The zero-order chi connectivity index (χ0) is 14.5. The Morgan fingerprint density at radius 2 is 2.00 bits per heavy atom. The lowest BCUT2D eigenvalue weighted by Crippen LogP contribution is -2.57. The Hall–Kier alpha value is -1.25. The van der Waals surface area contributed by atoms with Crippen molar-refractivity contribution < 1.29 is 4.79 Å². The van der Waals surface area contributed by atoms with Crippen molar-refractivity contribution in [1.82, 2.24) is 20.0 Å². The molecule has 2 aliphatic rings. The van der Waals surface area contributed by atoms with Crippen LogP contribution < -0.4 is 5.32 Å². The maximum Gasteiger partial charge on any atom is 0.318 e. The second kappa shape index (κ2) is 6.96. The van der Waals surface area contributed by atoms with Crippen LogP contribution in [0, 0.1) is 18.3 Å². The molecular formula is C15H26N4O. The first-order valence-corrected chi connectivity index (χ1v) is 7.50. The van der Waals surface area contributed by atoms with Crippen LogP contribution in [0.4, 0.5) is 4.79 Å². The maximum atomic E-state index is 11.9. The summed E-state index contributed by atoms with van der Waals surface area (Å²) in [5.41, 5.74) is 0. The number of carbonyl (C=O) groups is 1. The average Bonchev–Trinajstić information content (AvgIpc) is 2.46. The molecule has 2 heterocycles. The van der Waals surface area contributed by atoms with Crippen molar-refractivity contribution in [2.45, 2.75) is 19.4 Å². The van der Waals surface area contributed by atoms with E-state index in [1.165, 1.54) is 0 Å². The number of hydrogen-bond acceptors (Lipinski definition) is 3. The molecule has 0 aromatic rings. The minimum Gasteiger partial charge on any atom is -0.327 e. The van der Waals surface area contributed by atoms with Gasteiger partial charge in [0.25, 0.3) is 0 Å². The van der Waals surface area contributed by atoms with Gasteiger partial charge >= 0.3 is 6.03 Å². The van der Waals surface area contributed by atoms with Crippen LogP contribution in [0.2, 0.25) is 0 Å². The predicted molar refractivity (Wildman–Crippen MR) is 80.4 cm³/mol. The summed E-state index contributed by atoms with van der Waals surface area (Å²) in [5.74, 6) is 2.96. The SMILES string of the molecule is C#CCNC(=O)N1CC[C@H](N2CCN(C)CC2)[C@@H](C)C1. The second-order valence-electron chi connectivity index (χ2n) is 5.98. The zero-order valence-corrected chi connectivity index (χ0v) is 12.6. The van der Waals surface area contributed by atoms with E-state index in [0.717, 1.165) is 45.7 Å². The summed E-state index contributed by atoms with van der Waals surface area (Å²) >= 11 is 0. The van der Waals surface area contributed by atoms with Crippen LogP contribution in [0.1, 0.15) is 13.3 Å². The first-order valence-electron chi connectivity index (χ1n) is 7.50. The Balaban J connectivity index is 1.83. The number of likely N-dealkylation sites (tertiary alicyclic amines) is 1. The second-order valence-corrected chi connectivity index (χ2v) is 5.98. The highest BCUT2D eigenvalue weighted by molar-refractivity contribution is 5.74. The number of likely N-dealkylation sites (N-methyl/N-ethyl adjacent to an activating group) is 1. The van der Waals surface area contributed by atoms with Crippen LogP contribution in [-0.4, -0.2) is 79.6 Å². The van der Waals surface area contributed by atoms with Gasteiger partial charge < -0.3 is 15.1 Å². The average molecular weight is 278 g/mol. The molecule has 2 rings (SSSR count). The van der Waals surface area contributed by atoms with E-state index in [2.05, 4.69) is 35.0 Å². The van der Waals surface area contributed by atoms with E-state index in [-0.39, 0.29) is 6.03 Å². The highest BCUT2D eigenvalue weighted by Crippen LogP contribution is 2.23. The van der Waals surface area contributed by atoms with Gasteiger partial charge in [0.1, 0.15) is 0 Å². The third kappa shape index (κ3) is 3.65. The fourth-order valence-electron chi connectivity index (χ4n) is 3.25. The van der Waals surface area contributed by atoms with Crippen molar-refractivity contribution in [1.29, 1.82) is 0 Å². The molecule has 112 valence electrons. The quantitative estimate of drug-likeness (QED) is 0.738. The molecule has 0 unspecified atom stereocenters. The topological polar surface area (TPSA) is 38.8 Å². The van der Waals surface area contributed by atoms with Gasteiger partial charge in [-0.1, -0.05) is 12.8 Å². The number of piperidine rings is 1. The van der Waals surface area contributed by atoms with Crippen molar-refractivity contribution in [2.75, 3.05) is 52.9 Å². The summed E-state index contributed by atoms with van der Waals surface area (Å²) in [6, 6.07) is 0.590. The number of amides is 2. The highest BCUT2D eigenvalue weighted by Gasteiger charge is 2.33. The molecule has 0 aromatic heterocycles. The van der Waals surface area contributed by atoms with Gasteiger partial charge in [0.2, 0.25) is 0 Å². The van der Waals surface area contributed by atoms with Gasteiger partial charge in [0.05, 0.1) is 6.54 Å². The van der Waals surface area contributed by atoms with E-state index in [9.17, 15) is 4.79 Å². The Morgan fingerprint density at radius 3 is 2.60 bits per heavy atom. The molecule has 0 saturated carbocycles. The molecule has 0 bridgehead atoms. The van der Waals surface area contributed by atoms with Crippen LogP contribution in [0.5, 0.6) is 0 Å². The molecule has 0 aromatic carbocycles. The van der Waals surface area contributed by atoms with Crippen molar-refractivity contribution in [3.8, 4) is 12.3 Å². The van der Waals surface area contributed by atoms with Crippen LogP contribution >= 0.6 is 0 Å². The number of nitrogens with zero attached hydrogens (tertiary/aromatic N) is 3. The summed E-state index contributed by atoms with van der Waals surface area (Å²) in [4.78, 5) is 18.8.